The number of para-hydroxylation sites is 1. The summed E-state index contributed by atoms with van der Waals surface area (Å²) >= 11 is 0. The number of carboxylic acids is 2. The van der Waals surface area contributed by atoms with Crippen molar-refractivity contribution in [1.29, 1.82) is 0 Å². The molecule has 0 radical (unpaired) electrons. The molecule has 0 spiro atoms. The number of rotatable bonds is 22. The summed E-state index contributed by atoms with van der Waals surface area (Å²) < 4.78 is 0. The molecular weight excluding hydrogens is 759 g/mol. The standard InChI is InChI=1S/C43H55N7O9/c1-29-11-3-4-13-33(29)49-42(59)46-32-20-17-30(18-21-32)27-37(52)47-34(14-5-8-26-45-36(51)22-19-31-12-10-25-44-28-31)39(55)48-35(15-9-16-38(53)54)40(56)50-43(41(57)58)23-6-2-7-24-43/h3-4,10-13,17-18,20-21,25,28,34-35H,2,5-9,14-16,19,22-24,26-27H2,1H3,(H,45,51)(H,47,52)(H,48,55)(H,50,56)(H,53,54)(H,57,58)(H2,46,49,59)/t34-,35-/m0/s1. The van der Waals surface area contributed by atoms with Crippen molar-refractivity contribution in [2.75, 3.05) is 17.2 Å². The number of urea groups is 1. The summed E-state index contributed by atoms with van der Waals surface area (Å²) in [6, 6.07) is 14.9. The second-order valence-corrected chi connectivity index (χ2v) is 14.9. The SMILES string of the molecule is Cc1ccccc1NC(=O)Nc1ccc(CC(=O)N[C@@H](CCCCNC(=O)CCc2cccnc2)C(=O)N[C@@H](CCCC(=O)O)C(=O)NC2(C(=O)O)CCCCC2)cc1. The summed E-state index contributed by atoms with van der Waals surface area (Å²) in [5.74, 6) is -4.34. The summed E-state index contributed by atoms with van der Waals surface area (Å²) in [6.07, 6.45) is 7.24. The van der Waals surface area contributed by atoms with Crippen molar-refractivity contribution in [1.82, 2.24) is 26.3 Å². The molecule has 1 aliphatic carbocycles. The first-order valence-electron chi connectivity index (χ1n) is 20.1. The zero-order valence-electron chi connectivity index (χ0n) is 33.4. The van der Waals surface area contributed by atoms with Crippen LogP contribution in [-0.4, -0.2) is 81.0 Å². The van der Waals surface area contributed by atoms with E-state index < -0.39 is 53.3 Å². The van der Waals surface area contributed by atoms with Crippen LogP contribution >= 0.6 is 0 Å². The number of aromatic nitrogens is 1. The minimum atomic E-state index is -1.50. The second-order valence-electron chi connectivity index (χ2n) is 14.9. The molecule has 16 heteroatoms. The molecule has 316 valence electrons. The number of benzene rings is 2. The number of amides is 6. The quantitative estimate of drug-likeness (QED) is 0.0654. The van der Waals surface area contributed by atoms with Crippen LogP contribution in [0.2, 0.25) is 0 Å². The Morgan fingerprint density at radius 3 is 2.12 bits per heavy atom. The maximum atomic E-state index is 13.9. The van der Waals surface area contributed by atoms with Gasteiger partial charge in [0.2, 0.25) is 23.6 Å². The van der Waals surface area contributed by atoms with Crippen LogP contribution in [-0.2, 0) is 41.6 Å². The highest BCUT2D eigenvalue weighted by atomic mass is 16.4. The molecule has 16 nitrogen and oxygen atoms in total. The van der Waals surface area contributed by atoms with E-state index in [1.54, 1.807) is 48.8 Å². The number of unbranched alkanes of at least 4 members (excludes halogenated alkanes) is 1. The zero-order valence-corrected chi connectivity index (χ0v) is 33.4. The largest absolute Gasteiger partial charge is 0.481 e. The highest BCUT2D eigenvalue weighted by Crippen LogP contribution is 2.29. The van der Waals surface area contributed by atoms with Crippen molar-refractivity contribution in [3.05, 3.63) is 89.7 Å². The minimum absolute atomic E-state index is 0.0314. The highest BCUT2D eigenvalue weighted by molar-refractivity contribution is 6.00. The van der Waals surface area contributed by atoms with E-state index in [1.165, 1.54) is 0 Å². The monoisotopic (exact) mass is 813 g/mol. The molecule has 2 atom stereocenters. The predicted molar refractivity (Wildman–Crippen MR) is 220 cm³/mol. The van der Waals surface area contributed by atoms with Crippen molar-refractivity contribution in [3.63, 3.8) is 0 Å². The fraction of sp³-hybridized carbons (Fsp3) is 0.442. The Hall–Kier alpha value is -6.32. The average Bonchev–Trinajstić information content (AvgIpc) is 3.21. The lowest BCUT2D eigenvalue weighted by atomic mass is 9.81. The van der Waals surface area contributed by atoms with Gasteiger partial charge in [0.1, 0.15) is 17.6 Å². The Balaban J connectivity index is 1.40. The number of aliphatic carboxylic acids is 2. The Morgan fingerprint density at radius 1 is 0.729 bits per heavy atom. The van der Waals surface area contributed by atoms with Gasteiger partial charge >= 0.3 is 18.0 Å². The van der Waals surface area contributed by atoms with Gasteiger partial charge in [0, 0.05) is 43.2 Å². The van der Waals surface area contributed by atoms with Crippen molar-refractivity contribution >= 4 is 53.0 Å². The van der Waals surface area contributed by atoms with Crippen LogP contribution in [0.25, 0.3) is 0 Å². The van der Waals surface area contributed by atoms with Gasteiger partial charge in [0.15, 0.2) is 0 Å². The molecule has 1 heterocycles. The van der Waals surface area contributed by atoms with Gasteiger partial charge in [-0.25, -0.2) is 9.59 Å². The lowest BCUT2D eigenvalue weighted by Crippen LogP contribution is -2.61. The third-order valence-electron chi connectivity index (χ3n) is 10.2. The Bertz CT molecular complexity index is 1900. The van der Waals surface area contributed by atoms with E-state index in [0.717, 1.165) is 17.5 Å². The van der Waals surface area contributed by atoms with E-state index >= 15 is 0 Å². The molecule has 8 N–H and O–H groups in total. The first-order valence-corrected chi connectivity index (χ1v) is 20.1. The summed E-state index contributed by atoms with van der Waals surface area (Å²) in [6.45, 7) is 2.21. The first-order chi connectivity index (χ1) is 28.3. The Kier molecular flexibility index (Phi) is 17.8. The maximum Gasteiger partial charge on any atom is 0.329 e. The van der Waals surface area contributed by atoms with Crippen LogP contribution in [0.5, 0.6) is 0 Å². The van der Waals surface area contributed by atoms with E-state index in [9.17, 15) is 43.8 Å². The van der Waals surface area contributed by atoms with E-state index in [2.05, 4.69) is 36.9 Å². The van der Waals surface area contributed by atoms with Crippen molar-refractivity contribution in [2.45, 2.75) is 114 Å². The fourth-order valence-electron chi connectivity index (χ4n) is 6.87. The number of anilines is 2. The molecule has 6 amide bonds. The number of hydrogen-bond donors (Lipinski definition) is 8. The van der Waals surface area contributed by atoms with Crippen LogP contribution in [0, 0.1) is 6.92 Å². The van der Waals surface area contributed by atoms with Crippen LogP contribution in [0.1, 0.15) is 93.7 Å². The van der Waals surface area contributed by atoms with Crippen molar-refractivity contribution in [2.24, 2.45) is 0 Å². The Labute approximate surface area is 343 Å². The van der Waals surface area contributed by atoms with Gasteiger partial charge in [-0.3, -0.25) is 29.0 Å². The van der Waals surface area contributed by atoms with Gasteiger partial charge in [-0.15, -0.1) is 0 Å². The van der Waals surface area contributed by atoms with Gasteiger partial charge in [-0.05, 0) is 99.2 Å². The van der Waals surface area contributed by atoms with Crippen molar-refractivity contribution in [3.8, 4) is 0 Å². The lowest BCUT2D eigenvalue weighted by molar-refractivity contribution is -0.149. The molecule has 0 unspecified atom stereocenters. The number of carbonyl (C=O) groups excluding carboxylic acids is 5. The van der Waals surface area contributed by atoms with E-state index in [-0.39, 0.29) is 57.3 Å². The number of carboxylic acid groups (broad SMARTS) is 2. The number of pyridine rings is 1. The Morgan fingerprint density at radius 2 is 1.44 bits per heavy atom. The maximum absolute atomic E-state index is 13.9. The van der Waals surface area contributed by atoms with Gasteiger partial charge in [0.25, 0.3) is 0 Å². The number of carbonyl (C=O) groups is 7. The topological polar surface area (TPSA) is 245 Å². The predicted octanol–water partition coefficient (Wildman–Crippen LogP) is 4.62. The van der Waals surface area contributed by atoms with Gasteiger partial charge < -0.3 is 42.1 Å². The molecule has 0 bridgehead atoms. The highest BCUT2D eigenvalue weighted by Gasteiger charge is 2.42. The lowest BCUT2D eigenvalue weighted by Gasteiger charge is -2.35. The molecule has 3 aromatic rings. The van der Waals surface area contributed by atoms with Crippen LogP contribution < -0.4 is 31.9 Å². The van der Waals surface area contributed by atoms with Gasteiger partial charge in [0.05, 0.1) is 6.42 Å². The molecule has 0 aliphatic heterocycles. The summed E-state index contributed by atoms with van der Waals surface area (Å²) in [7, 11) is 0. The second kappa shape index (κ2) is 23.2. The van der Waals surface area contributed by atoms with Crippen molar-refractivity contribution < 1.29 is 43.8 Å². The molecule has 1 aliphatic rings. The van der Waals surface area contributed by atoms with E-state index in [0.29, 0.717) is 55.6 Å². The first kappa shape index (κ1) is 45.4. The molecular formula is C43H55N7O9. The van der Waals surface area contributed by atoms with Crippen LogP contribution in [0.4, 0.5) is 16.2 Å². The molecule has 4 rings (SSSR count). The number of hydrogen-bond acceptors (Lipinski definition) is 8. The molecule has 1 aromatic heterocycles. The molecule has 59 heavy (non-hydrogen) atoms. The third kappa shape index (κ3) is 15.5. The summed E-state index contributed by atoms with van der Waals surface area (Å²) in [5, 5.41) is 35.8. The number of nitrogens with zero attached hydrogens (tertiary/aromatic N) is 1. The molecule has 1 fully saturated rings. The molecule has 2 aromatic carbocycles. The van der Waals surface area contributed by atoms with E-state index in [4.69, 9.17) is 0 Å². The van der Waals surface area contributed by atoms with Crippen LogP contribution in [0.15, 0.2) is 73.1 Å². The summed E-state index contributed by atoms with van der Waals surface area (Å²) in [4.78, 5) is 93.6. The van der Waals surface area contributed by atoms with Gasteiger partial charge in [-0.1, -0.05) is 55.7 Å². The van der Waals surface area contributed by atoms with Gasteiger partial charge in [-0.2, -0.15) is 0 Å². The zero-order chi connectivity index (χ0) is 42.6. The fourth-order valence-corrected chi connectivity index (χ4v) is 6.87. The third-order valence-corrected chi connectivity index (χ3v) is 10.2. The van der Waals surface area contributed by atoms with Crippen LogP contribution in [0.3, 0.4) is 0 Å². The van der Waals surface area contributed by atoms with E-state index in [1.807, 2.05) is 31.2 Å². The summed E-state index contributed by atoms with van der Waals surface area (Å²) in [5.41, 5.74) is 2.09. The average molecular weight is 814 g/mol. The normalized spacial score (nSPS) is 14.1. The molecule has 0 saturated heterocycles. The smallest absolute Gasteiger partial charge is 0.329 e. The number of nitrogens with one attached hydrogen (secondary N) is 6. The molecule has 1 saturated carbocycles. The minimum Gasteiger partial charge on any atom is -0.481 e. The number of aryl methyl sites for hydroxylation is 2.